The van der Waals surface area contributed by atoms with Crippen LogP contribution in [0.15, 0.2) is 36.4 Å². The van der Waals surface area contributed by atoms with Gasteiger partial charge in [-0.15, -0.1) is 0 Å². The zero-order valence-corrected chi connectivity index (χ0v) is 9.42. The van der Waals surface area contributed by atoms with E-state index in [1.807, 2.05) is 31.2 Å². The van der Waals surface area contributed by atoms with Crippen LogP contribution >= 0.6 is 0 Å². The van der Waals surface area contributed by atoms with Crippen LogP contribution in [0, 0.1) is 19.7 Å². The van der Waals surface area contributed by atoms with E-state index in [0.717, 1.165) is 22.4 Å². The molecule has 0 aliphatic rings. The summed E-state index contributed by atoms with van der Waals surface area (Å²) in [6.07, 6.45) is 0. The fraction of sp³-hybridized carbons (Fsp3) is 0.143. The van der Waals surface area contributed by atoms with Crippen LogP contribution in [0.5, 0.6) is 0 Å². The normalized spacial score (nSPS) is 10.4. The molecule has 0 spiro atoms. The molecule has 0 unspecified atom stereocenters. The Morgan fingerprint density at radius 1 is 1.00 bits per heavy atom. The molecule has 0 atom stereocenters. The predicted molar refractivity (Wildman–Crippen MR) is 65.7 cm³/mol. The first-order valence-corrected chi connectivity index (χ1v) is 5.21. The average molecular weight is 215 g/mol. The molecule has 0 aliphatic carbocycles. The maximum absolute atomic E-state index is 13.5. The van der Waals surface area contributed by atoms with Crippen LogP contribution in [0.3, 0.4) is 0 Å². The molecule has 0 radical (unpaired) electrons. The predicted octanol–water partition coefficient (Wildman–Crippen LogP) is 3.69. The van der Waals surface area contributed by atoms with E-state index in [1.54, 1.807) is 13.0 Å². The second kappa shape index (κ2) is 3.97. The lowest BCUT2D eigenvalue weighted by Crippen LogP contribution is -1.92. The molecule has 0 aliphatic heterocycles. The molecule has 2 N–H and O–H groups in total. The minimum Gasteiger partial charge on any atom is -0.399 e. The van der Waals surface area contributed by atoms with Gasteiger partial charge in [-0.25, -0.2) is 4.39 Å². The number of rotatable bonds is 1. The minimum atomic E-state index is -0.172. The van der Waals surface area contributed by atoms with Crippen molar-refractivity contribution in [2.45, 2.75) is 13.8 Å². The molecule has 0 heterocycles. The number of nitrogens with two attached hydrogens (primary N) is 1. The quantitative estimate of drug-likeness (QED) is 0.721. The highest BCUT2D eigenvalue weighted by atomic mass is 19.1. The lowest BCUT2D eigenvalue weighted by Gasteiger charge is -2.10. The van der Waals surface area contributed by atoms with Gasteiger partial charge in [0.25, 0.3) is 0 Å². The van der Waals surface area contributed by atoms with Gasteiger partial charge in [0.2, 0.25) is 0 Å². The fourth-order valence-corrected chi connectivity index (χ4v) is 1.89. The summed E-state index contributed by atoms with van der Waals surface area (Å²) >= 11 is 0. The highest BCUT2D eigenvalue weighted by molar-refractivity contribution is 5.72. The largest absolute Gasteiger partial charge is 0.399 e. The number of nitrogen functional groups attached to an aromatic ring is 1. The molecule has 0 bridgehead atoms. The summed E-state index contributed by atoms with van der Waals surface area (Å²) in [5.41, 5.74) is 10.1. The Balaban J connectivity index is 2.63. The van der Waals surface area contributed by atoms with Gasteiger partial charge in [0.05, 0.1) is 0 Å². The third-order valence-corrected chi connectivity index (χ3v) is 2.81. The summed E-state index contributed by atoms with van der Waals surface area (Å²) in [5.74, 6) is -0.172. The Labute approximate surface area is 94.7 Å². The van der Waals surface area contributed by atoms with Crippen LogP contribution in [-0.2, 0) is 0 Å². The van der Waals surface area contributed by atoms with E-state index >= 15 is 0 Å². The number of hydrogen-bond donors (Lipinski definition) is 1. The summed E-state index contributed by atoms with van der Waals surface area (Å²) in [6, 6.07) is 10.8. The first-order valence-electron chi connectivity index (χ1n) is 5.21. The molecule has 1 nitrogen and oxygen atoms in total. The number of aryl methyl sites for hydroxylation is 1. The van der Waals surface area contributed by atoms with Crippen molar-refractivity contribution in [2.75, 3.05) is 5.73 Å². The first-order chi connectivity index (χ1) is 7.59. The Morgan fingerprint density at radius 2 is 1.75 bits per heavy atom. The standard InChI is InChI=1S/C14H14FN/c1-9-8-11(16)6-7-12(9)13-4-3-5-14(15)10(13)2/h3-8H,16H2,1-2H3. The van der Waals surface area contributed by atoms with Crippen molar-refractivity contribution in [3.8, 4) is 11.1 Å². The molecule has 16 heavy (non-hydrogen) atoms. The molecule has 0 saturated carbocycles. The van der Waals surface area contributed by atoms with Gasteiger partial charge in [0.1, 0.15) is 5.82 Å². The Morgan fingerprint density at radius 3 is 2.44 bits per heavy atom. The zero-order valence-electron chi connectivity index (χ0n) is 9.42. The van der Waals surface area contributed by atoms with Crippen molar-refractivity contribution in [3.63, 3.8) is 0 Å². The lowest BCUT2D eigenvalue weighted by molar-refractivity contribution is 0.619. The molecule has 2 heteroatoms. The monoisotopic (exact) mass is 215 g/mol. The van der Waals surface area contributed by atoms with Gasteiger partial charge in [-0.3, -0.25) is 0 Å². The van der Waals surface area contributed by atoms with Crippen LogP contribution in [0.2, 0.25) is 0 Å². The molecular weight excluding hydrogens is 201 g/mol. The summed E-state index contributed by atoms with van der Waals surface area (Å²) < 4.78 is 13.5. The number of halogens is 1. The zero-order chi connectivity index (χ0) is 11.7. The molecule has 0 fully saturated rings. The van der Waals surface area contributed by atoms with Crippen molar-refractivity contribution in [2.24, 2.45) is 0 Å². The maximum Gasteiger partial charge on any atom is 0.126 e. The van der Waals surface area contributed by atoms with E-state index in [4.69, 9.17) is 5.73 Å². The molecule has 0 amide bonds. The van der Waals surface area contributed by atoms with Crippen molar-refractivity contribution in [1.82, 2.24) is 0 Å². The van der Waals surface area contributed by atoms with Crippen LogP contribution in [0.25, 0.3) is 11.1 Å². The SMILES string of the molecule is Cc1cc(N)ccc1-c1cccc(F)c1C. The summed E-state index contributed by atoms with van der Waals surface area (Å²) in [5, 5.41) is 0. The second-order valence-electron chi connectivity index (χ2n) is 3.99. The Bertz CT molecular complexity index is 532. The van der Waals surface area contributed by atoms with Gasteiger partial charge in [-0.05, 0) is 54.3 Å². The number of benzene rings is 2. The molecule has 2 aromatic rings. The minimum absolute atomic E-state index is 0.172. The molecule has 2 aromatic carbocycles. The molecular formula is C14H14FN. The number of anilines is 1. The van der Waals surface area contributed by atoms with Gasteiger partial charge in [-0.1, -0.05) is 18.2 Å². The molecule has 82 valence electrons. The Kier molecular flexibility index (Phi) is 2.65. The van der Waals surface area contributed by atoms with Crippen molar-refractivity contribution in [1.29, 1.82) is 0 Å². The van der Waals surface area contributed by atoms with Crippen LogP contribution in [-0.4, -0.2) is 0 Å². The topological polar surface area (TPSA) is 26.0 Å². The van der Waals surface area contributed by atoms with Gasteiger partial charge in [-0.2, -0.15) is 0 Å². The smallest absolute Gasteiger partial charge is 0.126 e. The van der Waals surface area contributed by atoms with E-state index in [2.05, 4.69) is 0 Å². The van der Waals surface area contributed by atoms with E-state index < -0.39 is 0 Å². The van der Waals surface area contributed by atoms with Crippen LogP contribution in [0.1, 0.15) is 11.1 Å². The maximum atomic E-state index is 13.5. The third-order valence-electron chi connectivity index (χ3n) is 2.81. The Hall–Kier alpha value is -1.83. The van der Waals surface area contributed by atoms with Gasteiger partial charge >= 0.3 is 0 Å². The van der Waals surface area contributed by atoms with Gasteiger partial charge < -0.3 is 5.73 Å². The number of hydrogen-bond acceptors (Lipinski definition) is 1. The average Bonchev–Trinajstić information content (AvgIpc) is 2.23. The molecule has 0 saturated heterocycles. The molecule has 0 aromatic heterocycles. The summed E-state index contributed by atoms with van der Waals surface area (Å²) in [4.78, 5) is 0. The van der Waals surface area contributed by atoms with Crippen molar-refractivity contribution < 1.29 is 4.39 Å². The van der Waals surface area contributed by atoms with E-state index in [9.17, 15) is 4.39 Å². The van der Waals surface area contributed by atoms with Crippen LogP contribution in [0.4, 0.5) is 10.1 Å². The van der Waals surface area contributed by atoms with Crippen molar-refractivity contribution in [3.05, 3.63) is 53.3 Å². The second-order valence-corrected chi connectivity index (χ2v) is 3.99. The highest BCUT2D eigenvalue weighted by Crippen LogP contribution is 2.28. The lowest BCUT2D eigenvalue weighted by atomic mass is 9.96. The molecule has 2 rings (SSSR count). The first kappa shape index (κ1) is 10.7. The third kappa shape index (κ3) is 1.78. The van der Waals surface area contributed by atoms with Gasteiger partial charge in [0, 0.05) is 5.69 Å². The van der Waals surface area contributed by atoms with Crippen LogP contribution < -0.4 is 5.73 Å². The fourth-order valence-electron chi connectivity index (χ4n) is 1.89. The van der Waals surface area contributed by atoms with E-state index in [1.165, 1.54) is 6.07 Å². The van der Waals surface area contributed by atoms with E-state index in [0.29, 0.717) is 5.56 Å². The van der Waals surface area contributed by atoms with E-state index in [-0.39, 0.29) is 5.82 Å². The summed E-state index contributed by atoms with van der Waals surface area (Å²) in [6.45, 7) is 3.77. The highest BCUT2D eigenvalue weighted by Gasteiger charge is 2.07. The van der Waals surface area contributed by atoms with Gasteiger partial charge in [0.15, 0.2) is 0 Å². The summed E-state index contributed by atoms with van der Waals surface area (Å²) in [7, 11) is 0. The van der Waals surface area contributed by atoms with Crippen molar-refractivity contribution >= 4 is 5.69 Å².